The van der Waals surface area contributed by atoms with Crippen LogP contribution < -0.4 is 11.1 Å². The van der Waals surface area contributed by atoms with E-state index in [1.807, 2.05) is 0 Å². The number of amides is 1. The minimum Gasteiger partial charge on any atom is -0.385 e. The summed E-state index contributed by atoms with van der Waals surface area (Å²) in [6.07, 6.45) is 0. The lowest BCUT2D eigenvalue weighted by molar-refractivity contribution is 0.0996. The van der Waals surface area contributed by atoms with E-state index >= 15 is 0 Å². The Balaban J connectivity index is 2.83. The van der Waals surface area contributed by atoms with E-state index in [0.717, 1.165) is 6.54 Å². The van der Waals surface area contributed by atoms with E-state index in [1.165, 1.54) is 12.1 Å². The topological polar surface area (TPSA) is 55.1 Å². The second-order valence-corrected chi connectivity index (χ2v) is 3.83. The molecule has 1 aromatic rings. The first-order valence-electron chi connectivity index (χ1n) is 4.84. The molecule has 82 valence electrons. The second kappa shape index (κ2) is 4.77. The fraction of sp³-hybridized carbons (Fsp3) is 0.364. The van der Waals surface area contributed by atoms with Crippen molar-refractivity contribution in [2.24, 2.45) is 11.7 Å². The zero-order valence-electron chi connectivity index (χ0n) is 8.88. The number of rotatable bonds is 4. The molecule has 0 saturated heterocycles. The molecule has 0 aromatic heterocycles. The molecular formula is C11H15FN2O. The van der Waals surface area contributed by atoms with Crippen LogP contribution in [0, 0.1) is 11.7 Å². The van der Waals surface area contributed by atoms with Crippen molar-refractivity contribution >= 4 is 11.6 Å². The van der Waals surface area contributed by atoms with E-state index in [4.69, 9.17) is 5.73 Å². The minimum atomic E-state index is -0.749. The molecule has 1 aromatic carbocycles. The van der Waals surface area contributed by atoms with Crippen molar-refractivity contribution in [1.82, 2.24) is 0 Å². The van der Waals surface area contributed by atoms with Gasteiger partial charge in [0.05, 0.1) is 5.56 Å². The first-order chi connectivity index (χ1) is 7.00. The van der Waals surface area contributed by atoms with Gasteiger partial charge in [0.25, 0.3) is 5.91 Å². The summed E-state index contributed by atoms with van der Waals surface area (Å²) in [4.78, 5) is 10.9. The molecule has 0 aliphatic heterocycles. The van der Waals surface area contributed by atoms with Gasteiger partial charge in [-0.05, 0) is 24.1 Å². The van der Waals surface area contributed by atoms with E-state index < -0.39 is 11.7 Å². The number of anilines is 1. The van der Waals surface area contributed by atoms with E-state index in [2.05, 4.69) is 19.2 Å². The van der Waals surface area contributed by atoms with Gasteiger partial charge in [-0.2, -0.15) is 0 Å². The number of hydrogen-bond donors (Lipinski definition) is 2. The van der Waals surface area contributed by atoms with Crippen LogP contribution in [0.1, 0.15) is 24.2 Å². The largest absolute Gasteiger partial charge is 0.385 e. The van der Waals surface area contributed by atoms with Crippen LogP contribution in [0.5, 0.6) is 0 Å². The van der Waals surface area contributed by atoms with Gasteiger partial charge in [-0.15, -0.1) is 0 Å². The van der Waals surface area contributed by atoms with E-state index in [9.17, 15) is 9.18 Å². The third-order valence-corrected chi connectivity index (χ3v) is 1.95. The summed E-state index contributed by atoms with van der Waals surface area (Å²) >= 11 is 0. The van der Waals surface area contributed by atoms with Crippen LogP contribution in [0.25, 0.3) is 0 Å². The Morgan fingerprint density at radius 2 is 2.20 bits per heavy atom. The molecular weight excluding hydrogens is 195 g/mol. The summed E-state index contributed by atoms with van der Waals surface area (Å²) < 4.78 is 13.1. The molecule has 1 rings (SSSR count). The van der Waals surface area contributed by atoms with Gasteiger partial charge in [0.15, 0.2) is 0 Å². The van der Waals surface area contributed by atoms with Crippen LogP contribution in [0.4, 0.5) is 10.1 Å². The highest BCUT2D eigenvalue weighted by Crippen LogP contribution is 2.14. The molecule has 15 heavy (non-hydrogen) atoms. The van der Waals surface area contributed by atoms with Crippen molar-refractivity contribution in [3.63, 3.8) is 0 Å². The first-order valence-corrected chi connectivity index (χ1v) is 4.84. The van der Waals surface area contributed by atoms with Gasteiger partial charge in [-0.1, -0.05) is 13.8 Å². The Bertz CT molecular complexity index is 364. The Labute approximate surface area is 88.5 Å². The summed E-state index contributed by atoms with van der Waals surface area (Å²) in [5.41, 5.74) is 5.66. The van der Waals surface area contributed by atoms with Crippen molar-refractivity contribution in [2.75, 3.05) is 11.9 Å². The number of nitrogens with two attached hydrogens (primary N) is 1. The SMILES string of the molecule is CC(C)CNc1ccc(F)c(C(N)=O)c1. The maximum absolute atomic E-state index is 13.1. The van der Waals surface area contributed by atoms with Crippen molar-refractivity contribution in [3.8, 4) is 0 Å². The number of carbonyl (C=O) groups excluding carboxylic acids is 1. The van der Waals surface area contributed by atoms with Gasteiger partial charge in [0.1, 0.15) is 5.82 Å². The molecule has 0 unspecified atom stereocenters. The molecule has 4 heteroatoms. The number of benzene rings is 1. The van der Waals surface area contributed by atoms with Crippen LogP contribution in [-0.4, -0.2) is 12.5 Å². The standard InChI is InChI=1S/C11H15FN2O/c1-7(2)6-14-8-3-4-10(12)9(5-8)11(13)15/h3-5,7,14H,6H2,1-2H3,(H2,13,15). The van der Waals surface area contributed by atoms with Crippen molar-refractivity contribution in [2.45, 2.75) is 13.8 Å². The molecule has 0 aliphatic rings. The summed E-state index contributed by atoms with van der Waals surface area (Å²) in [5, 5.41) is 3.09. The number of nitrogens with one attached hydrogen (secondary N) is 1. The van der Waals surface area contributed by atoms with Crippen LogP contribution in [0.2, 0.25) is 0 Å². The van der Waals surface area contributed by atoms with Gasteiger partial charge < -0.3 is 11.1 Å². The summed E-state index contributed by atoms with van der Waals surface area (Å²) in [5.74, 6) is -0.856. The molecule has 0 aliphatic carbocycles. The molecule has 0 bridgehead atoms. The van der Waals surface area contributed by atoms with Crippen LogP contribution in [-0.2, 0) is 0 Å². The molecule has 3 nitrogen and oxygen atoms in total. The van der Waals surface area contributed by atoms with E-state index in [-0.39, 0.29) is 5.56 Å². The lowest BCUT2D eigenvalue weighted by Gasteiger charge is -2.09. The summed E-state index contributed by atoms with van der Waals surface area (Å²) in [6.45, 7) is 4.89. The summed E-state index contributed by atoms with van der Waals surface area (Å²) in [6, 6.07) is 4.26. The Morgan fingerprint density at radius 1 is 1.53 bits per heavy atom. The van der Waals surface area contributed by atoms with Crippen molar-refractivity contribution < 1.29 is 9.18 Å². The van der Waals surface area contributed by atoms with Crippen molar-refractivity contribution in [3.05, 3.63) is 29.6 Å². The predicted octanol–water partition coefficient (Wildman–Crippen LogP) is 1.99. The van der Waals surface area contributed by atoms with Crippen LogP contribution in [0.3, 0.4) is 0 Å². The average Bonchev–Trinajstić information content (AvgIpc) is 2.16. The van der Waals surface area contributed by atoms with Gasteiger partial charge >= 0.3 is 0 Å². The normalized spacial score (nSPS) is 10.4. The molecule has 0 fully saturated rings. The Morgan fingerprint density at radius 3 is 2.73 bits per heavy atom. The first kappa shape index (κ1) is 11.5. The lowest BCUT2D eigenvalue weighted by atomic mass is 10.1. The predicted molar refractivity (Wildman–Crippen MR) is 58.2 cm³/mol. The van der Waals surface area contributed by atoms with Crippen LogP contribution >= 0.6 is 0 Å². The van der Waals surface area contributed by atoms with Gasteiger partial charge in [-0.25, -0.2) is 4.39 Å². The smallest absolute Gasteiger partial charge is 0.251 e. The fourth-order valence-corrected chi connectivity index (χ4v) is 1.15. The molecule has 0 heterocycles. The molecule has 3 N–H and O–H groups in total. The number of halogens is 1. The van der Waals surface area contributed by atoms with E-state index in [0.29, 0.717) is 11.6 Å². The van der Waals surface area contributed by atoms with E-state index in [1.54, 1.807) is 6.07 Å². The molecule has 0 radical (unpaired) electrons. The second-order valence-electron chi connectivity index (χ2n) is 3.83. The number of primary amides is 1. The Kier molecular flexibility index (Phi) is 3.66. The highest BCUT2D eigenvalue weighted by molar-refractivity contribution is 5.94. The lowest BCUT2D eigenvalue weighted by Crippen LogP contribution is -2.14. The summed E-state index contributed by atoms with van der Waals surface area (Å²) in [7, 11) is 0. The van der Waals surface area contributed by atoms with Crippen LogP contribution in [0.15, 0.2) is 18.2 Å². The average molecular weight is 210 g/mol. The van der Waals surface area contributed by atoms with Crippen molar-refractivity contribution in [1.29, 1.82) is 0 Å². The molecule has 0 atom stereocenters. The molecule has 0 saturated carbocycles. The monoisotopic (exact) mass is 210 g/mol. The van der Waals surface area contributed by atoms with Gasteiger partial charge in [0, 0.05) is 12.2 Å². The van der Waals surface area contributed by atoms with Gasteiger partial charge in [-0.3, -0.25) is 4.79 Å². The zero-order chi connectivity index (χ0) is 11.4. The highest BCUT2D eigenvalue weighted by atomic mass is 19.1. The fourth-order valence-electron chi connectivity index (χ4n) is 1.15. The highest BCUT2D eigenvalue weighted by Gasteiger charge is 2.08. The molecule has 1 amide bonds. The minimum absolute atomic E-state index is 0.0799. The zero-order valence-corrected chi connectivity index (χ0v) is 8.88. The molecule has 0 spiro atoms. The number of carbonyl (C=O) groups is 1. The number of hydrogen-bond acceptors (Lipinski definition) is 2. The maximum atomic E-state index is 13.1. The Hall–Kier alpha value is -1.58. The third-order valence-electron chi connectivity index (χ3n) is 1.95. The van der Waals surface area contributed by atoms with Gasteiger partial charge in [0.2, 0.25) is 0 Å². The quantitative estimate of drug-likeness (QED) is 0.798. The maximum Gasteiger partial charge on any atom is 0.251 e. The third kappa shape index (κ3) is 3.23.